The van der Waals surface area contributed by atoms with Gasteiger partial charge in [-0.25, -0.2) is 0 Å². The Balaban J connectivity index is 1.76. The van der Waals surface area contributed by atoms with Gasteiger partial charge in [0.25, 0.3) is 0 Å². The van der Waals surface area contributed by atoms with Crippen molar-refractivity contribution in [1.82, 2.24) is 15.2 Å². The molecule has 0 saturated carbocycles. The van der Waals surface area contributed by atoms with Gasteiger partial charge in [0.2, 0.25) is 0 Å². The molecule has 134 valence electrons. The number of pyridine rings is 1. The third-order valence-electron chi connectivity index (χ3n) is 5.37. The van der Waals surface area contributed by atoms with Gasteiger partial charge in [-0.05, 0) is 48.2 Å². The number of nitrogens with one attached hydrogen (secondary N) is 1. The van der Waals surface area contributed by atoms with Gasteiger partial charge >= 0.3 is 0 Å². The SMILES string of the molecule is CCc1ccc(C(c2cnc3ccccc3c2)N2CCCNCC2)cc1. The predicted molar refractivity (Wildman–Crippen MR) is 108 cm³/mol. The molecule has 0 amide bonds. The molecule has 3 heteroatoms. The van der Waals surface area contributed by atoms with Crippen molar-refractivity contribution in [2.75, 3.05) is 26.2 Å². The molecule has 1 unspecified atom stereocenters. The Labute approximate surface area is 156 Å². The molecular weight excluding hydrogens is 318 g/mol. The van der Waals surface area contributed by atoms with Crippen LogP contribution in [-0.2, 0) is 6.42 Å². The van der Waals surface area contributed by atoms with Crippen LogP contribution in [0.1, 0.15) is 36.1 Å². The summed E-state index contributed by atoms with van der Waals surface area (Å²) >= 11 is 0. The Morgan fingerprint density at radius 2 is 1.85 bits per heavy atom. The molecule has 2 aromatic carbocycles. The summed E-state index contributed by atoms with van der Waals surface area (Å²) in [5, 5.41) is 4.74. The zero-order valence-electron chi connectivity index (χ0n) is 15.5. The molecule has 1 atom stereocenters. The van der Waals surface area contributed by atoms with Crippen LogP contribution in [0.5, 0.6) is 0 Å². The highest BCUT2D eigenvalue weighted by Crippen LogP contribution is 2.30. The molecule has 1 N–H and O–H groups in total. The highest BCUT2D eigenvalue weighted by Gasteiger charge is 2.23. The van der Waals surface area contributed by atoms with Crippen LogP contribution in [-0.4, -0.2) is 36.1 Å². The Morgan fingerprint density at radius 3 is 2.69 bits per heavy atom. The van der Waals surface area contributed by atoms with Crippen molar-refractivity contribution >= 4 is 10.9 Å². The molecule has 4 rings (SSSR count). The second kappa shape index (κ2) is 7.98. The van der Waals surface area contributed by atoms with E-state index >= 15 is 0 Å². The van der Waals surface area contributed by atoms with Gasteiger partial charge in [-0.3, -0.25) is 9.88 Å². The van der Waals surface area contributed by atoms with Gasteiger partial charge in [-0.15, -0.1) is 0 Å². The summed E-state index contributed by atoms with van der Waals surface area (Å²) in [7, 11) is 0. The summed E-state index contributed by atoms with van der Waals surface area (Å²) in [6.45, 7) is 6.53. The number of rotatable bonds is 4. The molecule has 2 heterocycles. The van der Waals surface area contributed by atoms with E-state index in [9.17, 15) is 0 Å². The number of aromatic nitrogens is 1. The number of hydrogen-bond acceptors (Lipinski definition) is 3. The summed E-state index contributed by atoms with van der Waals surface area (Å²) in [4.78, 5) is 7.34. The summed E-state index contributed by atoms with van der Waals surface area (Å²) in [5.74, 6) is 0. The fourth-order valence-corrected chi connectivity index (χ4v) is 3.91. The van der Waals surface area contributed by atoms with Crippen molar-refractivity contribution in [2.24, 2.45) is 0 Å². The first-order valence-corrected chi connectivity index (χ1v) is 9.73. The van der Waals surface area contributed by atoms with Crippen molar-refractivity contribution in [2.45, 2.75) is 25.8 Å². The second-order valence-corrected chi connectivity index (χ2v) is 7.10. The fraction of sp³-hybridized carbons (Fsp3) is 0.348. The normalized spacial score (nSPS) is 17.1. The zero-order chi connectivity index (χ0) is 17.8. The molecule has 26 heavy (non-hydrogen) atoms. The van der Waals surface area contributed by atoms with Crippen LogP contribution < -0.4 is 5.32 Å². The largest absolute Gasteiger partial charge is 0.315 e. The average molecular weight is 345 g/mol. The standard InChI is InChI=1S/C23H27N3/c1-2-18-8-10-19(11-9-18)23(26-14-5-12-24-13-15-26)21-16-20-6-3-4-7-22(20)25-17-21/h3-4,6-11,16-17,23-24H,2,5,12-15H2,1H3. The van der Waals surface area contributed by atoms with E-state index in [2.05, 4.69) is 77.9 Å². The van der Waals surface area contributed by atoms with E-state index in [1.165, 1.54) is 28.5 Å². The van der Waals surface area contributed by atoms with Gasteiger partial charge in [0.05, 0.1) is 11.6 Å². The molecule has 3 aromatic rings. The average Bonchev–Trinajstić information content (AvgIpc) is 2.98. The number of hydrogen-bond donors (Lipinski definition) is 1. The lowest BCUT2D eigenvalue weighted by molar-refractivity contribution is 0.241. The maximum Gasteiger partial charge on any atom is 0.0702 e. The number of aryl methyl sites for hydroxylation is 1. The monoisotopic (exact) mass is 345 g/mol. The molecular formula is C23H27N3. The van der Waals surface area contributed by atoms with E-state index in [-0.39, 0.29) is 6.04 Å². The molecule has 0 spiro atoms. The van der Waals surface area contributed by atoms with E-state index < -0.39 is 0 Å². The lowest BCUT2D eigenvalue weighted by Gasteiger charge is -2.31. The van der Waals surface area contributed by atoms with Crippen LogP contribution in [0.25, 0.3) is 10.9 Å². The molecule has 1 aromatic heterocycles. The smallest absolute Gasteiger partial charge is 0.0702 e. The predicted octanol–water partition coefficient (Wildman–Crippen LogP) is 4.18. The van der Waals surface area contributed by atoms with Crippen molar-refractivity contribution in [3.05, 3.63) is 77.5 Å². The third kappa shape index (κ3) is 3.64. The van der Waals surface area contributed by atoms with Crippen LogP contribution >= 0.6 is 0 Å². The first-order chi connectivity index (χ1) is 12.8. The molecule has 3 nitrogen and oxygen atoms in total. The molecule has 1 aliphatic rings. The molecule has 0 aliphatic carbocycles. The number of benzene rings is 2. The number of nitrogens with zero attached hydrogens (tertiary/aromatic N) is 2. The van der Waals surface area contributed by atoms with E-state index in [0.29, 0.717) is 0 Å². The van der Waals surface area contributed by atoms with E-state index in [4.69, 9.17) is 4.98 Å². The summed E-state index contributed by atoms with van der Waals surface area (Å²) in [5.41, 5.74) is 5.10. The highest BCUT2D eigenvalue weighted by atomic mass is 15.2. The fourth-order valence-electron chi connectivity index (χ4n) is 3.91. The Bertz CT molecular complexity index is 849. The van der Waals surface area contributed by atoms with Gasteiger partial charge in [0.1, 0.15) is 0 Å². The van der Waals surface area contributed by atoms with Gasteiger partial charge in [-0.2, -0.15) is 0 Å². The Morgan fingerprint density at radius 1 is 1.00 bits per heavy atom. The van der Waals surface area contributed by atoms with Crippen molar-refractivity contribution in [1.29, 1.82) is 0 Å². The van der Waals surface area contributed by atoms with Gasteiger partial charge in [-0.1, -0.05) is 49.4 Å². The summed E-state index contributed by atoms with van der Waals surface area (Å²) in [6, 6.07) is 20.1. The van der Waals surface area contributed by atoms with Crippen LogP contribution in [0.3, 0.4) is 0 Å². The number of fused-ring (bicyclic) bond motifs is 1. The second-order valence-electron chi connectivity index (χ2n) is 7.10. The third-order valence-corrected chi connectivity index (χ3v) is 5.37. The maximum atomic E-state index is 4.74. The zero-order valence-corrected chi connectivity index (χ0v) is 15.5. The topological polar surface area (TPSA) is 28.2 Å². The minimum atomic E-state index is 0.262. The quantitative estimate of drug-likeness (QED) is 0.769. The first-order valence-electron chi connectivity index (χ1n) is 9.73. The van der Waals surface area contributed by atoms with Crippen molar-refractivity contribution in [3.63, 3.8) is 0 Å². The van der Waals surface area contributed by atoms with Crippen LogP contribution in [0.2, 0.25) is 0 Å². The molecule has 1 aliphatic heterocycles. The van der Waals surface area contributed by atoms with Crippen LogP contribution in [0.15, 0.2) is 60.8 Å². The van der Waals surface area contributed by atoms with Gasteiger partial charge in [0, 0.05) is 31.2 Å². The molecule has 0 bridgehead atoms. The van der Waals surface area contributed by atoms with E-state index in [0.717, 1.165) is 38.1 Å². The lowest BCUT2D eigenvalue weighted by Crippen LogP contribution is -2.33. The van der Waals surface area contributed by atoms with Crippen LogP contribution in [0, 0.1) is 0 Å². The Kier molecular flexibility index (Phi) is 5.28. The lowest BCUT2D eigenvalue weighted by atomic mass is 9.95. The number of para-hydroxylation sites is 1. The maximum absolute atomic E-state index is 4.74. The minimum absolute atomic E-state index is 0.262. The minimum Gasteiger partial charge on any atom is -0.315 e. The summed E-state index contributed by atoms with van der Waals surface area (Å²) in [6.07, 6.45) is 4.33. The van der Waals surface area contributed by atoms with Gasteiger partial charge in [0.15, 0.2) is 0 Å². The van der Waals surface area contributed by atoms with E-state index in [1.54, 1.807) is 0 Å². The first kappa shape index (κ1) is 17.2. The Hall–Kier alpha value is -2.23. The van der Waals surface area contributed by atoms with Crippen molar-refractivity contribution in [3.8, 4) is 0 Å². The van der Waals surface area contributed by atoms with E-state index in [1.807, 2.05) is 0 Å². The van der Waals surface area contributed by atoms with Crippen molar-refractivity contribution < 1.29 is 0 Å². The molecule has 1 saturated heterocycles. The highest BCUT2D eigenvalue weighted by molar-refractivity contribution is 5.79. The van der Waals surface area contributed by atoms with Gasteiger partial charge < -0.3 is 5.32 Å². The molecule has 1 fully saturated rings. The van der Waals surface area contributed by atoms with Crippen LogP contribution in [0.4, 0.5) is 0 Å². The molecule has 0 radical (unpaired) electrons. The summed E-state index contributed by atoms with van der Waals surface area (Å²) < 4.78 is 0.